The minimum absolute atomic E-state index is 0.0192. The largest absolute Gasteiger partial charge is 0.459 e. The van der Waals surface area contributed by atoms with Crippen LogP contribution in [0.2, 0.25) is 0 Å². The van der Waals surface area contributed by atoms with Crippen molar-refractivity contribution in [1.82, 2.24) is 64.8 Å². The maximum Gasteiger partial charge on any atom is 0.329 e. The van der Waals surface area contributed by atoms with Gasteiger partial charge in [0.25, 0.3) is 17.7 Å². The summed E-state index contributed by atoms with van der Waals surface area (Å²) in [6, 6.07) is 11.5. The summed E-state index contributed by atoms with van der Waals surface area (Å²) in [5.41, 5.74) is 27.0. The number of aliphatic hydroxyl groups is 3. The van der Waals surface area contributed by atoms with Crippen molar-refractivity contribution < 1.29 is 95.9 Å². The Hall–Kier alpha value is -10.1. The number of ketones is 3. The number of methoxy groups -OCH3 is 2. The van der Waals surface area contributed by atoms with E-state index in [1.54, 1.807) is 50.4 Å². The molecule has 724 valence electrons. The van der Waals surface area contributed by atoms with Crippen LogP contribution in [0.4, 0.5) is 17.8 Å². The Morgan fingerprint density at radius 3 is 2.20 bits per heavy atom. The molecule has 133 heavy (non-hydrogen) atoms. The van der Waals surface area contributed by atoms with Crippen LogP contribution in [0, 0.1) is 29.6 Å². The minimum Gasteiger partial charge on any atom is -0.459 e. The number of nitrogens with zero attached hydrogens (tertiary/aromatic N) is 13. The number of oxazole rings is 1. The molecule has 5 aliphatic rings. The Morgan fingerprint density at radius 1 is 0.729 bits per heavy atom. The second-order valence-electron chi connectivity index (χ2n) is 35.7. The monoisotopic (exact) mass is 1850 g/mol. The molecular weight excluding hydrogens is 1710 g/mol. The summed E-state index contributed by atoms with van der Waals surface area (Å²) in [6.07, 6.45) is 17.7. The number of carbonyl (C=O) groups is 6. The number of nitrogen functional groups attached to an aromatic ring is 2. The number of anilines is 3. The molecule has 4 aliphatic heterocycles. The fraction of sp³-hybridized carbons (Fsp3) is 0.604. The number of Topliss-reactive ketones (excluding diaryl/α,β-unsaturated/α-hetero) is 3. The molecule has 0 unspecified atom stereocenters. The number of unbranched alkanes of at least 4 members (excludes halogenated alkanes) is 1. The molecule has 9 heterocycles. The van der Waals surface area contributed by atoms with E-state index < -0.39 is 95.4 Å². The van der Waals surface area contributed by atoms with Crippen LogP contribution in [-0.4, -0.2) is 290 Å². The van der Waals surface area contributed by atoms with Crippen LogP contribution in [0.25, 0.3) is 44.5 Å². The zero-order chi connectivity index (χ0) is 94.5. The molecule has 10 N–H and O–H groups in total. The lowest BCUT2D eigenvalue weighted by Gasteiger charge is -2.42. The van der Waals surface area contributed by atoms with Crippen molar-refractivity contribution in [1.29, 1.82) is 0 Å². The predicted molar refractivity (Wildman–Crippen MR) is 495 cm³/mol. The van der Waals surface area contributed by atoms with E-state index in [0.29, 0.717) is 190 Å². The first-order valence-corrected chi connectivity index (χ1v) is 46.8. The highest BCUT2D eigenvalue weighted by molar-refractivity contribution is 6.39. The van der Waals surface area contributed by atoms with Crippen molar-refractivity contribution in [2.75, 3.05) is 136 Å². The van der Waals surface area contributed by atoms with E-state index in [4.69, 9.17) is 84.1 Å². The van der Waals surface area contributed by atoms with Gasteiger partial charge >= 0.3 is 5.97 Å². The number of fused-ring (bicyclic) bond motifs is 5. The maximum absolute atomic E-state index is 14.8. The van der Waals surface area contributed by atoms with Crippen LogP contribution in [0.5, 0.6) is 0 Å². The van der Waals surface area contributed by atoms with E-state index in [9.17, 15) is 44.1 Å². The SMILES string of the molecule is CO[C@H]1C[C@@H]2CC[C@@H](C)[C@@](O)(O2)C(=O)C(=O)N2CCCC[C@H]2C(=O)O[C@H]([C@H](N)C[C@@H]2CC[C@@H](OCc3cccc(-c4cnc(N5CCN(Cc6cn(CCOCCOCCOCCOCCOCCC(=O)NCCCCn7nc(-c8ccc9oc(N)nc9c8)c8c(N)ncnc87)nn6)CC5)nc4)c3)[C@H](OC)C2)CC(=O)[C@H](C)/C=C(\C)[C@@H](O)[C@@H](O)C(=O)[C@H](C)C[C@H](C)/C=C/C=C/C=C/1C. The van der Waals surface area contributed by atoms with Gasteiger partial charge < -0.3 is 99.4 Å². The van der Waals surface area contributed by atoms with Gasteiger partial charge in [0.15, 0.2) is 17.0 Å². The first kappa shape index (κ1) is 102. The van der Waals surface area contributed by atoms with Crippen molar-refractivity contribution >= 4 is 75.0 Å². The number of amides is 2. The van der Waals surface area contributed by atoms with Gasteiger partial charge in [-0.1, -0.05) is 87.6 Å². The number of aliphatic hydroxyl groups excluding tert-OH is 2. The van der Waals surface area contributed by atoms with E-state index in [-0.39, 0.29) is 80.4 Å². The molecule has 37 nitrogen and oxygen atoms in total. The number of nitrogens with two attached hydrogens (primary N) is 3. The third kappa shape index (κ3) is 28.7. The molecule has 15 atom stereocenters. The molecule has 0 spiro atoms. The summed E-state index contributed by atoms with van der Waals surface area (Å²) in [5.74, 6) is -8.11. The number of hydrogen-bond acceptors (Lipinski definition) is 33. The number of hydrogen-bond donors (Lipinski definition) is 7. The Balaban J connectivity index is 0.522. The molecule has 2 aromatic carbocycles. The van der Waals surface area contributed by atoms with Crippen LogP contribution in [0.3, 0.4) is 0 Å². The molecule has 1 aliphatic carbocycles. The molecule has 0 radical (unpaired) electrons. The third-order valence-corrected chi connectivity index (χ3v) is 25.7. The van der Waals surface area contributed by atoms with E-state index in [1.165, 1.54) is 19.3 Å². The minimum atomic E-state index is -2.50. The molecule has 1 saturated carbocycles. The number of cyclic esters (lactones) is 1. The van der Waals surface area contributed by atoms with Gasteiger partial charge in [-0.2, -0.15) is 10.1 Å². The number of esters is 1. The van der Waals surface area contributed by atoms with Crippen molar-refractivity contribution in [3.05, 3.63) is 126 Å². The Bertz CT molecular complexity index is 5070. The molecule has 3 saturated heterocycles. The Morgan fingerprint density at radius 2 is 1.47 bits per heavy atom. The van der Waals surface area contributed by atoms with Gasteiger partial charge in [0.2, 0.25) is 17.6 Å². The summed E-state index contributed by atoms with van der Waals surface area (Å²) in [4.78, 5) is 113. The summed E-state index contributed by atoms with van der Waals surface area (Å²) >= 11 is 0. The molecule has 37 heteroatoms. The van der Waals surface area contributed by atoms with E-state index in [1.807, 2.05) is 93.1 Å². The van der Waals surface area contributed by atoms with Crippen molar-refractivity contribution in [2.45, 2.75) is 225 Å². The lowest BCUT2D eigenvalue weighted by atomic mass is 9.80. The number of rotatable bonds is 36. The van der Waals surface area contributed by atoms with Crippen molar-refractivity contribution in [3.8, 4) is 22.4 Å². The quantitative estimate of drug-likeness (QED) is 0.00846. The number of benzene rings is 2. The standard InChI is InChI=1S/C96H135N17O20/c1-61-17-10-9-11-18-62(2)80(123-7)53-73-25-22-66(6)96(122,133-73)89(119)92(120)112-30-14-12-21-76(112)93(121)131-81(54-77(114)63(3)48-65(5)87(117)88(118)86(116)64(4)47-61)74(97)50-67-23-26-79(82(51-67)124-8)130-59-68-19-16-20-69(49-68)71-55-101-95(102-56-71)110-34-32-109(33-35-110)57-72-58-111(108-106-72)36-38-126-40-42-128-44-46-129-45-43-127-41-39-125-37-28-83(115)100-29-13-15-31-113-91-84(90(98)103-60-104-91)85(107-113)70-24-27-78-75(52-70)105-94(99)132-78/h9-11,16-20,24,27,48-49,52,55-56,58,60-61,63-64,66-67,73-74,76,79-82,87-88,117-118,122H,12-15,21-23,25-26,28-47,50-51,53-54,57,59,97H2,1-8H3,(H2,99,105)(H,100,115)(H2,98,103,104)/b11-9+,17-10+,62-18+,65-48+/t61-,63-,64-,66-,67+,73+,74-,76+,79-,80+,81+,82-,87-,88+,96-/m1/s1. The lowest BCUT2D eigenvalue weighted by molar-refractivity contribution is -0.265. The Kier molecular flexibility index (Phi) is 38.6. The summed E-state index contributed by atoms with van der Waals surface area (Å²) in [5, 5.41) is 52.0. The number of aromatic nitrogens is 10. The normalized spacial score (nSPS) is 26.7. The molecular formula is C96H135N17O20. The average molecular weight is 1850 g/mol. The first-order chi connectivity index (χ1) is 64.2. The van der Waals surface area contributed by atoms with Gasteiger partial charge in [-0.05, 0) is 149 Å². The van der Waals surface area contributed by atoms with Gasteiger partial charge in [-0.25, -0.2) is 34.1 Å². The summed E-state index contributed by atoms with van der Waals surface area (Å²) in [6.45, 7) is 20.0. The number of aryl methyl sites for hydroxylation is 1. The Labute approximate surface area is 776 Å². The number of piperidine rings is 1. The van der Waals surface area contributed by atoms with Crippen LogP contribution < -0.4 is 27.4 Å². The van der Waals surface area contributed by atoms with Gasteiger partial charge in [0.1, 0.15) is 53.5 Å². The van der Waals surface area contributed by atoms with E-state index >= 15 is 0 Å². The van der Waals surface area contributed by atoms with Crippen LogP contribution in [0.1, 0.15) is 149 Å². The summed E-state index contributed by atoms with van der Waals surface area (Å²) in [7, 11) is 3.20. The van der Waals surface area contributed by atoms with Gasteiger partial charge in [-0.3, -0.25) is 28.9 Å². The zero-order valence-electron chi connectivity index (χ0n) is 78.0. The molecule has 2 bridgehead atoms. The molecule has 2 amide bonds. The summed E-state index contributed by atoms with van der Waals surface area (Å²) < 4.78 is 68.5. The lowest BCUT2D eigenvalue weighted by Crippen LogP contribution is -2.61. The molecule has 5 aromatic heterocycles. The first-order valence-electron chi connectivity index (χ1n) is 46.8. The fourth-order valence-electron chi connectivity index (χ4n) is 17.9. The number of ether oxygens (including phenoxy) is 10. The highest BCUT2D eigenvalue weighted by Gasteiger charge is 2.53. The average Bonchev–Trinajstić information content (AvgIpc) is 1.70. The smallest absolute Gasteiger partial charge is 0.329 e. The topological polar surface area (TPSA) is 481 Å². The third-order valence-electron chi connectivity index (χ3n) is 25.7. The van der Waals surface area contributed by atoms with Gasteiger partial charge in [0.05, 0.1) is 115 Å². The number of piperazine rings is 1. The van der Waals surface area contributed by atoms with Crippen LogP contribution in [0.15, 0.2) is 119 Å². The van der Waals surface area contributed by atoms with Crippen molar-refractivity contribution in [2.24, 2.45) is 35.3 Å². The molecule has 4 fully saturated rings. The van der Waals surface area contributed by atoms with Gasteiger partial charge in [0, 0.05) is 139 Å². The molecule has 12 rings (SSSR count). The predicted octanol–water partition coefficient (Wildman–Crippen LogP) is 7.99. The molecule has 7 aromatic rings. The van der Waals surface area contributed by atoms with Crippen molar-refractivity contribution in [3.63, 3.8) is 0 Å². The fourth-order valence-corrected chi connectivity index (χ4v) is 17.9. The highest BCUT2D eigenvalue weighted by atomic mass is 16.6. The maximum atomic E-state index is 14.8. The zero-order valence-corrected chi connectivity index (χ0v) is 78.0. The second kappa shape index (κ2) is 50.5. The number of carbonyl (C=O) groups excluding carboxylic acids is 6. The number of nitrogens with one attached hydrogen (secondary N) is 1. The van der Waals surface area contributed by atoms with Gasteiger partial charge in [-0.15, -0.1) is 5.10 Å². The van der Waals surface area contributed by atoms with E-state index in [2.05, 4.69) is 46.4 Å². The van der Waals surface area contributed by atoms with E-state index in [0.717, 1.165) is 77.4 Å². The van der Waals surface area contributed by atoms with Crippen LogP contribution >= 0.6 is 0 Å². The van der Waals surface area contributed by atoms with Crippen LogP contribution in [-0.2, 0) is 102 Å². The highest BCUT2D eigenvalue weighted by Crippen LogP contribution is 2.39. The second-order valence-corrected chi connectivity index (χ2v) is 35.7. The number of allylic oxidation sites excluding steroid dienone is 6.